The standard InChI is InChI=1S/C9H11ClN4/c10-5-9-6-12-8-14(9)4-3-13-2-1-11-7-13/h1-2,6-8H,3-5H2. The summed E-state index contributed by atoms with van der Waals surface area (Å²) >= 11 is 5.75. The third-order valence-electron chi connectivity index (χ3n) is 2.09. The summed E-state index contributed by atoms with van der Waals surface area (Å²) in [7, 11) is 0. The van der Waals surface area contributed by atoms with Crippen molar-refractivity contribution in [3.8, 4) is 0 Å². The molecule has 0 aliphatic heterocycles. The molecule has 0 aliphatic carbocycles. The molecular weight excluding hydrogens is 200 g/mol. The van der Waals surface area contributed by atoms with E-state index >= 15 is 0 Å². The van der Waals surface area contributed by atoms with Crippen molar-refractivity contribution >= 4 is 11.6 Å². The van der Waals surface area contributed by atoms with E-state index in [1.54, 1.807) is 25.0 Å². The Morgan fingerprint density at radius 3 is 2.86 bits per heavy atom. The first kappa shape index (κ1) is 9.27. The van der Waals surface area contributed by atoms with Gasteiger partial charge in [0.2, 0.25) is 0 Å². The molecule has 0 aromatic carbocycles. The molecule has 0 aliphatic rings. The molecule has 2 heterocycles. The highest BCUT2D eigenvalue weighted by Crippen LogP contribution is 2.03. The van der Waals surface area contributed by atoms with Gasteiger partial charge < -0.3 is 9.13 Å². The fraction of sp³-hybridized carbons (Fsp3) is 0.333. The van der Waals surface area contributed by atoms with Gasteiger partial charge in [0.1, 0.15) is 0 Å². The molecule has 2 rings (SSSR count). The summed E-state index contributed by atoms with van der Waals surface area (Å²) < 4.78 is 4.07. The zero-order valence-corrected chi connectivity index (χ0v) is 8.43. The highest BCUT2D eigenvalue weighted by atomic mass is 35.5. The topological polar surface area (TPSA) is 35.6 Å². The summed E-state index contributed by atoms with van der Waals surface area (Å²) in [4.78, 5) is 8.02. The number of rotatable bonds is 4. The van der Waals surface area contributed by atoms with Crippen molar-refractivity contribution in [1.29, 1.82) is 0 Å². The van der Waals surface area contributed by atoms with Crippen LogP contribution in [0.2, 0.25) is 0 Å². The summed E-state index contributed by atoms with van der Waals surface area (Å²) in [6.45, 7) is 1.76. The van der Waals surface area contributed by atoms with Gasteiger partial charge in [-0.2, -0.15) is 0 Å². The second-order valence-corrected chi connectivity index (χ2v) is 3.28. The van der Waals surface area contributed by atoms with Gasteiger partial charge in [-0.3, -0.25) is 0 Å². The summed E-state index contributed by atoms with van der Waals surface area (Å²) in [6, 6.07) is 0. The lowest BCUT2D eigenvalue weighted by Gasteiger charge is -2.06. The Hall–Kier alpha value is -1.29. The Balaban J connectivity index is 1.98. The minimum atomic E-state index is 0.504. The Morgan fingerprint density at radius 2 is 2.14 bits per heavy atom. The van der Waals surface area contributed by atoms with Crippen LogP contribution in [0.4, 0.5) is 0 Å². The molecule has 0 bridgehead atoms. The van der Waals surface area contributed by atoms with E-state index in [0.29, 0.717) is 5.88 Å². The maximum Gasteiger partial charge on any atom is 0.0949 e. The minimum Gasteiger partial charge on any atom is -0.336 e. The molecular formula is C9H11ClN4. The second kappa shape index (κ2) is 4.28. The number of aromatic nitrogens is 4. The number of hydrogen-bond acceptors (Lipinski definition) is 2. The maximum atomic E-state index is 5.75. The lowest BCUT2D eigenvalue weighted by molar-refractivity contribution is 0.568. The molecule has 0 saturated heterocycles. The van der Waals surface area contributed by atoms with E-state index in [0.717, 1.165) is 18.8 Å². The first-order valence-electron chi connectivity index (χ1n) is 4.41. The van der Waals surface area contributed by atoms with Crippen LogP contribution < -0.4 is 0 Å². The summed E-state index contributed by atoms with van der Waals surface area (Å²) in [5.41, 5.74) is 1.05. The van der Waals surface area contributed by atoms with Crippen LogP contribution in [0.5, 0.6) is 0 Å². The van der Waals surface area contributed by atoms with E-state index < -0.39 is 0 Å². The molecule has 0 atom stereocenters. The van der Waals surface area contributed by atoms with Gasteiger partial charge in [0.05, 0.1) is 24.2 Å². The second-order valence-electron chi connectivity index (χ2n) is 3.01. The highest BCUT2D eigenvalue weighted by molar-refractivity contribution is 6.16. The predicted octanol–water partition coefficient (Wildman–Crippen LogP) is 1.52. The number of halogens is 1. The normalized spacial score (nSPS) is 10.6. The summed E-state index contributed by atoms with van der Waals surface area (Å²) in [5, 5.41) is 0. The van der Waals surface area contributed by atoms with Gasteiger partial charge in [0.25, 0.3) is 0 Å². The zero-order valence-electron chi connectivity index (χ0n) is 7.67. The molecule has 2 aromatic heterocycles. The Kier molecular flexibility index (Phi) is 2.84. The van der Waals surface area contributed by atoms with Crippen LogP contribution >= 0.6 is 11.6 Å². The van der Waals surface area contributed by atoms with Crippen molar-refractivity contribution in [2.24, 2.45) is 0 Å². The Bertz CT molecular complexity index is 379. The quantitative estimate of drug-likeness (QED) is 0.718. The molecule has 4 nitrogen and oxygen atoms in total. The van der Waals surface area contributed by atoms with Gasteiger partial charge in [-0.05, 0) is 0 Å². The number of aryl methyl sites for hydroxylation is 2. The fourth-order valence-electron chi connectivity index (χ4n) is 1.30. The summed E-state index contributed by atoms with van der Waals surface area (Å²) in [6.07, 6.45) is 9.11. The molecule has 0 radical (unpaired) electrons. The van der Waals surface area contributed by atoms with Crippen molar-refractivity contribution in [3.63, 3.8) is 0 Å². The van der Waals surface area contributed by atoms with Crippen molar-refractivity contribution in [1.82, 2.24) is 19.1 Å². The van der Waals surface area contributed by atoms with Crippen LogP contribution in [-0.4, -0.2) is 19.1 Å². The van der Waals surface area contributed by atoms with Gasteiger partial charge in [0.15, 0.2) is 0 Å². The van der Waals surface area contributed by atoms with Crippen LogP contribution in [0.25, 0.3) is 0 Å². The predicted molar refractivity (Wildman–Crippen MR) is 54.0 cm³/mol. The third kappa shape index (κ3) is 1.96. The van der Waals surface area contributed by atoms with E-state index in [1.165, 1.54) is 0 Å². The molecule has 14 heavy (non-hydrogen) atoms. The SMILES string of the molecule is ClCc1cncn1CCn1ccnc1. The van der Waals surface area contributed by atoms with Crippen LogP contribution in [0.1, 0.15) is 5.69 Å². The summed E-state index contributed by atoms with van der Waals surface area (Å²) in [5.74, 6) is 0.504. The van der Waals surface area contributed by atoms with Crippen molar-refractivity contribution in [2.75, 3.05) is 0 Å². The third-order valence-corrected chi connectivity index (χ3v) is 2.37. The van der Waals surface area contributed by atoms with Crippen molar-refractivity contribution < 1.29 is 0 Å². The van der Waals surface area contributed by atoms with Gasteiger partial charge >= 0.3 is 0 Å². The van der Waals surface area contributed by atoms with Crippen LogP contribution in [0.15, 0.2) is 31.2 Å². The Labute approximate surface area is 87.2 Å². The van der Waals surface area contributed by atoms with E-state index in [-0.39, 0.29) is 0 Å². The van der Waals surface area contributed by atoms with E-state index in [4.69, 9.17) is 11.6 Å². The molecule has 0 amide bonds. The number of hydrogen-bond donors (Lipinski definition) is 0. The smallest absolute Gasteiger partial charge is 0.0949 e. The fourth-order valence-corrected chi connectivity index (χ4v) is 1.53. The molecule has 0 N–H and O–H groups in total. The monoisotopic (exact) mass is 210 g/mol. The van der Waals surface area contributed by atoms with Crippen LogP contribution in [0, 0.1) is 0 Å². The molecule has 2 aromatic rings. The van der Waals surface area contributed by atoms with Crippen molar-refractivity contribution in [3.05, 3.63) is 36.9 Å². The average Bonchev–Trinajstić information content (AvgIpc) is 2.85. The van der Waals surface area contributed by atoms with Gasteiger partial charge in [-0.25, -0.2) is 9.97 Å². The first-order chi connectivity index (χ1) is 6.90. The van der Waals surface area contributed by atoms with Crippen LogP contribution in [0.3, 0.4) is 0 Å². The number of alkyl halides is 1. The molecule has 0 fully saturated rings. The largest absolute Gasteiger partial charge is 0.336 e. The Morgan fingerprint density at radius 1 is 1.21 bits per heavy atom. The highest BCUT2D eigenvalue weighted by Gasteiger charge is 1.99. The van der Waals surface area contributed by atoms with Gasteiger partial charge in [-0.1, -0.05) is 0 Å². The molecule has 0 spiro atoms. The van der Waals surface area contributed by atoms with E-state index in [9.17, 15) is 0 Å². The average molecular weight is 211 g/mol. The molecule has 0 unspecified atom stereocenters. The molecule has 5 heteroatoms. The maximum absolute atomic E-state index is 5.75. The van der Waals surface area contributed by atoms with E-state index in [2.05, 4.69) is 9.97 Å². The minimum absolute atomic E-state index is 0.504. The molecule has 0 saturated carbocycles. The first-order valence-corrected chi connectivity index (χ1v) is 4.94. The number of nitrogens with zero attached hydrogens (tertiary/aromatic N) is 4. The lowest BCUT2D eigenvalue weighted by atomic mass is 10.5. The van der Waals surface area contributed by atoms with E-state index in [1.807, 2.05) is 15.3 Å². The number of imidazole rings is 2. The van der Waals surface area contributed by atoms with Gasteiger partial charge in [-0.15, -0.1) is 11.6 Å². The van der Waals surface area contributed by atoms with Crippen LogP contribution in [-0.2, 0) is 19.0 Å². The zero-order chi connectivity index (χ0) is 9.80. The molecule has 74 valence electrons. The van der Waals surface area contributed by atoms with Crippen molar-refractivity contribution in [2.45, 2.75) is 19.0 Å². The van der Waals surface area contributed by atoms with Gasteiger partial charge in [0, 0.05) is 31.7 Å². The lowest BCUT2D eigenvalue weighted by Crippen LogP contribution is -2.07.